The Balaban J connectivity index is 2.28. The number of hydrogen-bond donors (Lipinski definition) is 1. The van der Waals surface area contributed by atoms with Crippen LogP contribution in [0.3, 0.4) is 0 Å². The van der Waals surface area contributed by atoms with E-state index in [1.165, 1.54) is 22.3 Å². The van der Waals surface area contributed by atoms with Gasteiger partial charge in [0.05, 0.1) is 19.2 Å². The van der Waals surface area contributed by atoms with E-state index in [0.717, 1.165) is 13.1 Å². The van der Waals surface area contributed by atoms with Crippen molar-refractivity contribution in [3.63, 3.8) is 0 Å². The van der Waals surface area contributed by atoms with E-state index in [2.05, 4.69) is 42.8 Å². The first-order chi connectivity index (χ1) is 9.04. The third kappa shape index (κ3) is 2.73. The number of ether oxygens (including phenoxy) is 1. The molecule has 1 heterocycles. The lowest BCUT2D eigenvalue weighted by molar-refractivity contribution is 0.166. The van der Waals surface area contributed by atoms with Crippen molar-refractivity contribution in [1.82, 2.24) is 4.90 Å². The number of methoxy groups -OCH3 is 1. The molecule has 1 aliphatic heterocycles. The molecule has 104 valence electrons. The number of rotatable bonds is 4. The van der Waals surface area contributed by atoms with Crippen LogP contribution in [0.1, 0.15) is 28.3 Å². The maximum atomic E-state index is 5.99. The van der Waals surface area contributed by atoms with Gasteiger partial charge in [-0.25, -0.2) is 0 Å². The molecule has 0 fully saturated rings. The number of aryl methyl sites for hydroxylation is 3. The molecule has 0 saturated heterocycles. The SMILES string of the molecule is COCCN1C(N)=NCC1c1cc(C)c(C)cc1C. The lowest BCUT2D eigenvalue weighted by Crippen LogP contribution is -2.38. The van der Waals surface area contributed by atoms with Crippen LogP contribution in [0, 0.1) is 20.8 Å². The van der Waals surface area contributed by atoms with Crippen molar-refractivity contribution in [1.29, 1.82) is 0 Å². The summed E-state index contributed by atoms with van der Waals surface area (Å²) in [5.41, 5.74) is 11.3. The molecule has 2 N–H and O–H groups in total. The number of hydrogen-bond acceptors (Lipinski definition) is 4. The van der Waals surface area contributed by atoms with Crippen LogP contribution in [0.5, 0.6) is 0 Å². The standard InChI is InChI=1S/C15H23N3O/c1-10-7-12(3)13(8-11(10)2)14-9-17-15(16)18(14)5-6-19-4/h7-8,14H,5-6,9H2,1-4H3,(H2,16,17). The van der Waals surface area contributed by atoms with Gasteiger partial charge in [-0.2, -0.15) is 0 Å². The summed E-state index contributed by atoms with van der Waals surface area (Å²) in [5, 5.41) is 0. The fourth-order valence-electron chi connectivity index (χ4n) is 2.60. The van der Waals surface area contributed by atoms with Crippen LogP contribution in [0.4, 0.5) is 0 Å². The summed E-state index contributed by atoms with van der Waals surface area (Å²) in [6.45, 7) is 8.63. The van der Waals surface area contributed by atoms with Crippen molar-refractivity contribution in [2.45, 2.75) is 26.8 Å². The Morgan fingerprint density at radius 2 is 1.95 bits per heavy atom. The summed E-state index contributed by atoms with van der Waals surface area (Å²) in [4.78, 5) is 6.53. The minimum Gasteiger partial charge on any atom is -0.383 e. The van der Waals surface area contributed by atoms with Gasteiger partial charge < -0.3 is 15.4 Å². The third-order valence-corrected chi connectivity index (χ3v) is 3.87. The maximum absolute atomic E-state index is 5.99. The number of nitrogens with zero attached hydrogens (tertiary/aromatic N) is 2. The van der Waals surface area contributed by atoms with Gasteiger partial charge in [0.2, 0.25) is 0 Å². The van der Waals surface area contributed by atoms with Gasteiger partial charge in [0.25, 0.3) is 0 Å². The van der Waals surface area contributed by atoms with Crippen LogP contribution >= 0.6 is 0 Å². The molecule has 0 aliphatic carbocycles. The average Bonchev–Trinajstić information content (AvgIpc) is 2.72. The fourth-order valence-corrected chi connectivity index (χ4v) is 2.60. The smallest absolute Gasteiger partial charge is 0.192 e. The van der Waals surface area contributed by atoms with Crippen molar-refractivity contribution < 1.29 is 4.74 Å². The summed E-state index contributed by atoms with van der Waals surface area (Å²) in [6.07, 6.45) is 0. The predicted molar refractivity (Wildman–Crippen MR) is 78.5 cm³/mol. The molecule has 1 unspecified atom stereocenters. The minimum atomic E-state index is 0.245. The molecule has 0 spiro atoms. The second-order valence-electron chi connectivity index (χ2n) is 5.19. The van der Waals surface area contributed by atoms with Gasteiger partial charge in [-0.1, -0.05) is 12.1 Å². The number of aliphatic imine (C=N–C) groups is 1. The van der Waals surface area contributed by atoms with E-state index in [9.17, 15) is 0 Å². The first kappa shape index (κ1) is 13.9. The second kappa shape index (κ2) is 5.61. The largest absolute Gasteiger partial charge is 0.383 e. The molecule has 0 aromatic heterocycles. The highest BCUT2D eigenvalue weighted by molar-refractivity contribution is 5.80. The van der Waals surface area contributed by atoms with Gasteiger partial charge in [0, 0.05) is 13.7 Å². The predicted octanol–water partition coefficient (Wildman–Crippen LogP) is 1.93. The van der Waals surface area contributed by atoms with Gasteiger partial charge in [0.15, 0.2) is 5.96 Å². The van der Waals surface area contributed by atoms with Gasteiger partial charge in [-0.15, -0.1) is 0 Å². The van der Waals surface area contributed by atoms with Crippen molar-refractivity contribution >= 4 is 5.96 Å². The lowest BCUT2D eigenvalue weighted by Gasteiger charge is -2.28. The molecule has 1 atom stereocenters. The van der Waals surface area contributed by atoms with Crippen LogP contribution in [-0.2, 0) is 4.74 Å². The quantitative estimate of drug-likeness (QED) is 0.901. The van der Waals surface area contributed by atoms with Gasteiger partial charge in [0.1, 0.15) is 0 Å². The van der Waals surface area contributed by atoms with Crippen LogP contribution in [0.15, 0.2) is 17.1 Å². The normalized spacial score (nSPS) is 18.8. The van der Waals surface area contributed by atoms with E-state index in [4.69, 9.17) is 10.5 Å². The Hall–Kier alpha value is -1.55. The zero-order chi connectivity index (χ0) is 14.0. The molecule has 4 heteroatoms. The minimum absolute atomic E-state index is 0.245. The highest BCUT2D eigenvalue weighted by Crippen LogP contribution is 2.29. The van der Waals surface area contributed by atoms with E-state index in [0.29, 0.717) is 12.6 Å². The van der Waals surface area contributed by atoms with Crippen LogP contribution in [-0.4, -0.2) is 37.7 Å². The van der Waals surface area contributed by atoms with E-state index in [1.54, 1.807) is 7.11 Å². The van der Waals surface area contributed by atoms with E-state index in [1.807, 2.05) is 0 Å². The second-order valence-corrected chi connectivity index (χ2v) is 5.19. The summed E-state index contributed by atoms with van der Waals surface area (Å²) in [6, 6.07) is 4.76. The summed E-state index contributed by atoms with van der Waals surface area (Å²) in [7, 11) is 1.71. The van der Waals surface area contributed by atoms with E-state index >= 15 is 0 Å². The summed E-state index contributed by atoms with van der Waals surface area (Å²) >= 11 is 0. The molecular formula is C15H23N3O. The molecule has 0 bridgehead atoms. The van der Waals surface area contributed by atoms with Crippen molar-refractivity contribution in [3.8, 4) is 0 Å². The molecule has 1 aromatic rings. The molecule has 0 radical (unpaired) electrons. The molecule has 2 rings (SSSR count). The highest BCUT2D eigenvalue weighted by Gasteiger charge is 2.28. The Morgan fingerprint density at radius 3 is 2.63 bits per heavy atom. The van der Waals surface area contributed by atoms with Crippen LogP contribution in [0.25, 0.3) is 0 Å². The zero-order valence-electron chi connectivity index (χ0n) is 12.2. The molecule has 19 heavy (non-hydrogen) atoms. The Labute approximate surface area is 115 Å². The van der Waals surface area contributed by atoms with Crippen LogP contribution < -0.4 is 5.73 Å². The number of guanidine groups is 1. The Kier molecular flexibility index (Phi) is 4.10. The van der Waals surface area contributed by atoms with Crippen molar-refractivity contribution in [3.05, 3.63) is 34.4 Å². The zero-order valence-corrected chi connectivity index (χ0v) is 12.2. The van der Waals surface area contributed by atoms with Gasteiger partial charge in [-0.3, -0.25) is 4.99 Å². The van der Waals surface area contributed by atoms with E-state index < -0.39 is 0 Å². The van der Waals surface area contributed by atoms with Gasteiger partial charge >= 0.3 is 0 Å². The molecule has 4 nitrogen and oxygen atoms in total. The molecular weight excluding hydrogens is 238 g/mol. The Morgan fingerprint density at radius 1 is 1.26 bits per heavy atom. The topological polar surface area (TPSA) is 50.9 Å². The average molecular weight is 261 g/mol. The first-order valence-corrected chi connectivity index (χ1v) is 6.68. The molecule has 1 aliphatic rings. The highest BCUT2D eigenvalue weighted by atomic mass is 16.5. The van der Waals surface area contributed by atoms with E-state index in [-0.39, 0.29) is 6.04 Å². The lowest BCUT2D eigenvalue weighted by atomic mass is 9.95. The Bertz CT molecular complexity index is 496. The van der Waals surface area contributed by atoms with Gasteiger partial charge in [-0.05, 0) is 43.0 Å². The third-order valence-electron chi connectivity index (χ3n) is 3.87. The number of benzene rings is 1. The molecule has 0 amide bonds. The summed E-state index contributed by atoms with van der Waals surface area (Å²) < 4.78 is 5.16. The first-order valence-electron chi connectivity index (χ1n) is 6.68. The fraction of sp³-hybridized carbons (Fsp3) is 0.533. The monoisotopic (exact) mass is 261 g/mol. The molecule has 1 aromatic carbocycles. The van der Waals surface area contributed by atoms with Crippen molar-refractivity contribution in [2.24, 2.45) is 10.7 Å². The van der Waals surface area contributed by atoms with Crippen LogP contribution in [0.2, 0.25) is 0 Å². The summed E-state index contributed by atoms with van der Waals surface area (Å²) in [5.74, 6) is 0.625. The van der Waals surface area contributed by atoms with Crippen molar-refractivity contribution in [2.75, 3.05) is 26.8 Å². The number of nitrogens with two attached hydrogens (primary N) is 1. The molecule has 0 saturated carbocycles. The maximum Gasteiger partial charge on any atom is 0.192 e.